The summed E-state index contributed by atoms with van der Waals surface area (Å²) in [5, 5.41) is 9.51. The second-order valence-corrected chi connectivity index (χ2v) is 4.38. The Morgan fingerprint density at radius 2 is 1.78 bits per heavy atom. The Labute approximate surface area is 106 Å². The lowest BCUT2D eigenvalue weighted by Crippen LogP contribution is -2.43. The van der Waals surface area contributed by atoms with Gasteiger partial charge in [-0.15, -0.1) is 0 Å². The fraction of sp³-hybridized carbons (Fsp3) is 0.385. The molecular weight excluding hydrogens is 232 g/mol. The summed E-state index contributed by atoms with van der Waals surface area (Å²) in [5.74, 6) is -0.802. The van der Waals surface area contributed by atoms with Crippen LogP contribution in [0.2, 0.25) is 0 Å². The van der Waals surface area contributed by atoms with Crippen molar-refractivity contribution < 1.29 is 14.7 Å². The van der Waals surface area contributed by atoms with Crippen molar-refractivity contribution in [3.63, 3.8) is 0 Å². The normalized spacial score (nSPS) is 12.0. The maximum absolute atomic E-state index is 11.6. The molecule has 0 saturated heterocycles. The second-order valence-electron chi connectivity index (χ2n) is 4.38. The highest BCUT2D eigenvalue weighted by molar-refractivity contribution is 5.95. The summed E-state index contributed by atoms with van der Waals surface area (Å²) in [5.41, 5.74) is 5.02. The number of carbonyl (C=O) groups excluding carboxylic acids is 2. The molecule has 18 heavy (non-hydrogen) atoms. The van der Waals surface area contributed by atoms with Gasteiger partial charge in [0.1, 0.15) is 0 Å². The zero-order valence-electron chi connectivity index (χ0n) is 10.5. The van der Waals surface area contributed by atoms with Gasteiger partial charge in [0, 0.05) is 5.56 Å². The minimum atomic E-state index is -0.710. The zero-order chi connectivity index (χ0) is 13.5. The smallest absolute Gasteiger partial charge is 0.269 e. The predicted molar refractivity (Wildman–Crippen MR) is 67.5 cm³/mol. The number of amides is 2. The zero-order valence-corrected chi connectivity index (χ0v) is 10.5. The summed E-state index contributed by atoms with van der Waals surface area (Å²) in [7, 11) is 0. The van der Waals surface area contributed by atoms with E-state index in [1.807, 2.05) is 13.8 Å². The Balaban J connectivity index is 2.37. The predicted octanol–water partition coefficient (Wildman–Crippen LogP) is 0.855. The SMILES string of the molecule is CC(C)C(O)CC(=O)NNC(=O)c1ccccc1. The van der Waals surface area contributed by atoms with Crippen LogP contribution in [0.25, 0.3) is 0 Å². The summed E-state index contributed by atoms with van der Waals surface area (Å²) >= 11 is 0. The number of aliphatic hydroxyl groups excluding tert-OH is 1. The maximum atomic E-state index is 11.6. The van der Waals surface area contributed by atoms with Gasteiger partial charge in [0.2, 0.25) is 5.91 Å². The molecule has 5 nitrogen and oxygen atoms in total. The minimum Gasteiger partial charge on any atom is -0.392 e. The maximum Gasteiger partial charge on any atom is 0.269 e. The van der Waals surface area contributed by atoms with Gasteiger partial charge in [-0.1, -0.05) is 32.0 Å². The fourth-order valence-corrected chi connectivity index (χ4v) is 1.26. The van der Waals surface area contributed by atoms with Crippen molar-refractivity contribution in [2.45, 2.75) is 26.4 Å². The van der Waals surface area contributed by atoms with Crippen LogP contribution < -0.4 is 10.9 Å². The standard InChI is InChI=1S/C13H18N2O3/c1-9(2)11(16)8-12(17)14-15-13(18)10-6-4-3-5-7-10/h3-7,9,11,16H,8H2,1-2H3,(H,14,17)(H,15,18). The Morgan fingerprint density at radius 3 is 2.33 bits per heavy atom. The van der Waals surface area contributed by atoms with Crippen molar-refractivity contribution in [1.82, 2.24) is 10.9 Å². The van der Waals surface area contributed by atoms with Crippen LogP contribution in [-0.2, 0) is 4.79 Å². The number of hydrazine groups is 1. The van der Waals surface area contributed by atoms with E-state index in [1.54, 1.807) is 30.3 Å². The summed E-state index contributed by atoms with van der Waals surface area (Å²) in [6.45, 7) is 3.64. The highest BCUT2D eigenvalue weighted by Gasteiger charge is 2.14. The van der Waals surface area contributed by atoms with Crippen LogP contribution in [0.4, 0.5) is 0 Å². The molecule has 2 amide bonds. The third-order valence-corrected chi connectivity index (χ3v) is 2.52. The molecule has 1 unspecified atom stereocenters. The van der Waals surface area contributed by atoms with Crippen LogP contribution in [0.5, 0.6) is 0 Å². The molecule has 1 rings (SSSR count). The van der Waals surface area contributed by atoms with Crippen molar-refractivity contribution >= 4 is 11.8 Å². The molecule has 1 aromatic rings. The molecule has 5 heteroatoms. The van der Waals surface area contributed by atoms with Crippen LogP contribution in [0.3, 0.4) is 0 Å². The van der Waals surface area contributed by atoms with Crippen LogP contribution >= 0.6 is 0 Å². The van der Waals surface area contributed by atoms with Crippen LogP contribution in [0.15, 0.2) is 30.3 Å². The second kappa shape index (κ2) is 6.76. The number of aliphatic hydroxyl groups is 1. The lowest BCUT2D eigenvalue weighted by atomic mass is 10.0. The van der Waals surface area contributed by atoms with E-state index in [0.29, 0.717) is 5.56 Å². The Kier molecular flexibility index (Phi) is 5.32. The average Bonchev–Trinajstić information content (AvgIpc) is 2.36. The van der Waals surface area contributed by atoms with Gasteiger partial charge in [0.05, 0.1) is 12.5 Å². The molecule has 0 aliphatic carbocycles. The van der Waals surface area contributed by atoms with E-state index in [4.69, 9.17) is 0 Å². The van der Waals surface area contributed by atoms with E-state index < -0.39 is 12.0 Å². The largest absolute Gasteiger partial charge is 0.392 e. The molecule has 1 aromatic carbocycles. The first-order valence-electron chi connectivity index (χ1n) is 5.83. The number of nitrogens with one attached hydrogen (secondary N) is 2. The Hall–Kier alpha value is -1.88. The van der Waals surface area contributed by atoms with Gasteiger partial charge in [0.25, 0.3) is 5.91 Å². The molecule has 0 aliphatic heterocycles. The molecule has 0 heterocycles. The van der Waals surface area contributed by atoms with E-state index in [2.05, 4.69) is 10.9 Å². The highest BCUT2D eigenvalue weighted by atomic mass is 16.3. The monoisotopic (exact) mass is 250 g/mol. The molecule has 0 bridgehead atoms. The average molecular weight is 250 g/mol. The lowest BCUT2D eigenvalue weighted by Gasteiger charge is -2.14. The van der Waals surface area contributed by atoms with E-state index in [0.717, 1.165) is 0 Å². The molecule has 98 valence electrons. The van der Waals surface area contributed by atoms with Crippen molar-refractivity contribution in [3.8, 4) is 0 Å². The van der Waals surface area contributed by atoms with Gasteiger partial charge in [-0.2, -0.15) is 0 Å². The fourth-order valence-electron chi connectivity index (χ4n) is 1.26. The summed E-state index contributed by atoms with van der Waals surface area (Å²) in [6, 6.07) is 8.56. The molecule has 0 fully saturated rings. The summed E-state index contributed by atoms with van der Waals surface area (Å²) in [4.78, 5) is 23.0. The number of rotatable bonds is 4. The van der Waals surface area contributed by atoms with Crippen molar-refractivity contribution in [2.75, 3.05) is 0 Å². The van der Waals surface area contributed by atoms with E-state index in [9.17, 15) is 14.7 Å². The quantitative estimate of drug-likeness (QED) is 0.693. The molecule has 0 saturated carbocycles. The lowest BCUT2D eigenvalue weighted by molar-refractivity contribution is -0.124. The van der Waals surface area contributed by atoms with Crippen LogP contribution in [0, 0.1) is 5.92 Å². The van der Waals surface area contributed by atoms with Gasteiger partial charge in [-0.3, -0.25) is 20.4 Å². The molecule has 0 aliphatic rings. The third kappa shape index (κ3) is 4.55. The summed E-state index contributed by atoms with van der Waals surface area (Å²) in [6.07, 6.45) is -0.745. The summed E-state index contributed by atoms with van der Waals surface area (Å²) < 4.78 is 0. The third-order valence-electron chi connectivity index (χ3n) is 2.52. The topological polar surface area (TPSA) is 78.4 Å². The first-order chi connectivity index (χ1) is 8.50. The molecule has 0 aromatic heterocycles. The highest BCUT2D eigenvalue weighted by Crippen LogP contribution is 2.04. The van der Waals surface area contributed by atoms with E-state index >= 15 is 0 Å². The first kappa shape index (κ1) is 14.2. The van der Waals surface area contributed by atoms with E-state index in [1.165, 1.54) is 0 Å². The first-order valence-corrected chi connectivity index (χ1v) is 5.83. The Bertz CT molecular complexity index is 404. The molecule has 3 N–H and O–H groups in total. The van der Waals surface area contributed by atoms with Gasteiger partial charge >= 0.3 is 0 Å². The number of hydrogen-bond acceptors (Lipinski definition) is 3. The Morgan fingerprint density at radius 1 is 1.17 bits per heavy atom. The van der Waals surface area contributed by atoms with Gasteiger partial charge in [-0.05, 0) is 18.1 Å². The number of hydrogen-bond donors (Lipinski definition) is 3. The number of carbonyl (C=O) groups is 2. The van der Waals surface area contributed by atoms with Crippen molar-refractivity contribution in [1.29, 1.82) is 0 Å². The molecule has 1 atom stereocenters. The van der Waals surface area contributed by atoms with Gasteiger partial charge < -0.3 is 5.11 Å². The van der Waals surface area contributed by atoms with Crippen molar-refractivity contribution in [3.05, 3.63) is 35.9 Å². The van der Waals surface area contributed by atoms with E-state index in [-0.39, 0.29) is 18.2 Å². The van der Waals surface area contributed by atoms with Crippen LogP contribution in [0.1, 0.15) is 30.6 Å². The van der Waals surface area contributed by atoms with Gasteiger partial charge in [-0.25, -0.2) is 0 Å². The number of benzene rings is 1. The van der Waals surface area contributed by atoms with Crippen LogP contribution in [-0.4, -0.2) is 23.0 Å². The molecular formula is C13H18N2O3. The molecule has 0 radical (unpaired) electrons. The van der Waals surface area contributed by atoms with Gasteiger partial charge in [0.15, 0.2) is 0 Å². The minimum absolute atomic E-state index is 0.000532. The molecule has 0 spiro atoms. The van der Waals surface area contributed by atoms with Crippen molar-refractivity contribution in [2.24, 2.45) is 5.92 Å².